The van der Waals surface area contributed by atoms with E-state index in [-0.39, 0.29) is 23.1 Å². The van der Waals surface area contributed by atoms with Gasteiger partial charge in [0.25, 0.3) is 5.56 Å². The number of rotatable bonds is 4. The summed E-state index contributed by atoms with van der Waals surface area (Å²) in [5, 5.41) is 7.99. The molecule has 0 fully saturated rings. The Hall–Kier alpha value is -3.82. The van der Waals surface area contributed by atoms with Gasteiger partial charge < -0.3 is 9.72 Å². The first-order valence-electron chi connectivity index (χ1n) is 9.21. The number of benzene rings is 2. The summed E-state index contributed by atoms with van der Waals surface area (Å²) in [4.78, 5) is 31.0. The number of hydrogen-bond acceptors (Lipinski definition) is 5. The van der Waals surface area contributed by atoms with Crippen LogP contribution in [-0.4, -0.2) is 32.4 Å². The number of aromatic nitrogens is 4. The molecule has 8 nitrogen and oxygen atoms in total. The molecule has 0 aliphatic heterocycles. The molecule has 2 heterocycles. The number of anilines is 1. The molecule has 30 heavy (non-hydrogen) atoms. The van der Waals surface area contributed by atoms with E-state index in [1.165, 1.54) is 0 Å². The van der Waals surface area contributed by atoms with Crippen LogP contribution in [0.25, 0.3) is 33.1 Å². The maximum absolute atomic E-state index is 14.4. The highest BCUT2D eigenvalue weighted by Gasteiger charge is 2.18. The number of hydrogen-bond donors (Lipinski definition) is 3. The Morgan fingerprint density at radius 1 is 1.20 bits per heavy atom. The Kier molecular flexibility index (Phi) is 4.90. The van der Waals surface area contributed by atoms with E-state index >= 15 is 0 Å². The molecule has 0 radical (unpaired) electrons. The third kappa shape index (κ3) is 3.47. The third-order valence-electron chi connectivity index (χ3n) is 4.70. The highest BCUT2D eigenvalue weighted by Crippen LogP contribution is 2.30. The van der Waals surface area contributed by atoms with Crippen molar-refractivity contribution in [1.29, 1.82) is 0 Å². The first-order chi connectivity index (χ1) is 14.4. The topological polar surface area (TPSA) is 113 Å². The molecule has 0 saturated heterocycles. The van der Waals surface area contributed by atoms with Gasteiger partial charge in [-0.05, 0) is 37.6 Å². The fourth-order valence-electron chi connectivity index (χ4n) is 3.04. The normalized spacial score (nSPS) is 12.3. The number of nitrogens with one attached hydrogen (secondary N) is 3. The average Bonchev–Trinajstić information content (AvgIpc) is 3.11. The fourth-order valence-corrected chi connectivity index (χ4v) is 3.04. The second kappa shape index (κ2) is 7.54. The lowest BCUT2D eigenvalue weighted by Gasteiger charge is -2.10. The summed E-state index contributed by atoms with van der Waals surface area (Å²) in [5.41, 5.74) is 0.700. The van der Waals surface area contributed by atoms with Crippen molar-refractivity contribution in [2.24, 2.45) is 0 Å². The number of fused-ring (bicyclic) bond motifs is 2. The predicted molar refractivity (Wildman–Crippen MR) is 107 cm³/mol. The van der Waals surface area contributed by atoms with E-state index in [2.05, 4.69) is 25.5 Å². The van der Waals surface area contributed by atoms with Gasteiger partial charge >= 0.3 is 6.09 Å². The highest BCUT2D eigenvalue weighted by atomic mass is 19.1. The molecule has 4 rings (SSSR count). The van der Waals surface area contributed by atoms with Crippen molar-refractivity contribution in [1.82, 2.24) is 20.2 Å². The Morgan fingerprint density at radius 2 is 1.93 bits per heavy atom. The molecule has 4 aromatic rings. The van der Waals surface area contributed by atoms with Crippen LogP contribution >= 0.6 is 0 Å². The first-order valence-corrected chi connectivity index (χ1v) is 9.21. The minimum absolute atomic E-state index is 0.0668. The average molecular weight is 413 g/mol. The molecule has 0 aliphatic rings. The highest BCUT2D eigenvalue weighted by molar-refractivity contribution is 5.96. The van der Waals surface area contributed by atoms with Crippen LogP contribution in [0.5, 0.6) is 0 Å². The van der Waals surface area contributed by atoms with Crippen molar-refractivity contribution in [3.63, 3.8) is 0 Å². The van der Waals surface area contributed by atoms with E-state index in [4.69, 9.17) is 4.74 Å². The maximum Gasteiger partial charge on any atom is 0.414 e. The van der Waals surface area contributed by atoms with Gasteiger partial charge in [-0.25, -0.2) is 23.7 Å². The molecule has 1 atom stereocenters. The minimum Gasteiger partial charge on any atom is -0.446 e. The van der Waals surface area contributed by atoms with Gasteiger partial charge in [0.05, 0.1) is 21.8 Å². The standard InChI is InChI=1S/C20H17F2N5O3/c1-3-9(2)30-20(29)25-19-23-13-7-4-10(8-14(13)24-19)17-15-11(21)5-6-12(22)16(15)18(28)27-26-17/h4-9H,3H2,1-2H3,(H,27,28)(H2,23,24,25,29). The van der Waals surface area contributed by atoms with Crippen molar-refractivity contribution in [2.75, 3.05) is 5.32 Å². The first kappa shape index (κ1) is 19.5. The van der Waals surface area contributed by atoms with Gasteiger partial charge in [0.2, 0.25) is 5.95 Å². The number of nitrogens with zero attached hydrogens (tertiary/aromatic N) is 2. The zero-order valence-corrected chi connectivity index (χ0v) is 16.0. The van der Waals surface area contributed by atoms with Crippen molar-refractivity contribution < 1.29 is 18.3 Å². The summed E-state index contributed by atoms with van der Waals surface area (Å²) in [6.45, 7) is 3.66. The number of carbonyl (C=O) groups excluding carboxylic acids is 1. The van der Waals surface area contributed by atoms with E-state index in [0.29, 0.717) is 23.0 Å². The minimum atomic E-state index is -0.844. The number of H-pyrrole nitrogens is 2. The van der Waals surface area contributed by atoms with Crippen molar-refractivity contribution in [2.45, 2.75) is 26.4 Å². The van der Waals surface area contributed by atoms with Crippen LogP contribution in [0.4, 0.5) is 19.5 Å². The van der Waals surface area contributed by atoms with Gasteiger partial charge in [-0.1, -0.05) is 13.0 Å². The number of ether oxygens (including phenoxy) is 1. The zero-order chi connectivity index (χ0) is 21.4. The fraction of sp³-hybridized carbons (Fsp3) is 0.200. The number of carbonyl (C=O) groups is 1. The van der Waals surface area contributed by atoms with Crippen molar-refractivity contribution >= 4 is 33.8 Å². The maximum atomic E-state index is 14.4. The zero-order valence-electron chi connectivity index (χ0n) is 16.0. The van der Waals surface area contributed by atoms with Crippen LogP contribution in [0.1, 0.15) is 20.3 Å². The number of imidazole rings is 1. The Bertz CT molecular complexity index is 1330. The van der Waals surface area contributed by atoms with Crippen molar-refractivity contribution in [3.05, 3.63) is 52.3 Å². The van der Waals surface area contributed by atoms with Gasteiger partial charge in [-0.15, -0.1) is 0 Å². The summed E-state index contributed by atoms with van der Waals surface area (Å²) >= 11 is 0. The second-order valence-electron chi connectivity index (χ2n) is 6.75. The summed E-state index contributed by atoms with van der Waals surface area (Å²) < 4.78 is 33.7. The smallest absolute Gasteiger partial charge is 0.414 e. The lowest BCUT2D eigenvalue weighted by molar-refractivity contribution is 0.118. The van der Waals surface area contributed by atoms with E-state index < -0.39 is 28.7 Å². The molecule has 1 unspecified atom stereocenters. The van der Waals surface area contributed by atoms with Crippen LogP contribution < -0.4 is 10.9 Å². The molecule has 0 spiro atoms. The van der Waals surface area contributed by atoms with Crippen LogP contribution in [-0.2, 0) is 4.74 Å². The summed E-state index contributed by atoms with van der Waals surface area (Å²) in [6.07, 6.45) is -0.209. The summed E-state index contributed by atoms with van der Waals surface area (Å²) in [6, 6.07) is 6.69. The lowest BCUT2D eigenvalue weighted by Crippen LogP contribution is -2.20. The monoisotopic (exact) mass is 413 g/mol. The SMILES string of the molecule is CCC(C)OC(=O)Nc1nc2cc(-c3n[nH]c(=O)c4c(F)ccc(F)c34)ccc2[nH]1. The Balaban J connectivity index is 1.75. The molecule has 154 valence electrons. The molecule has 0 saturated carbocycles. The molecule has 1 amide bonds. The van der Waals surface area contributed by atoms with E-state index in [0.717, 1.165) is 12.1 Å². The molecule has 2 aromatic carbocycles. The number of halogens is 2. The predicted octanol–water partition coefficient (Wildman–Crippen LogP) is 4.09. The van der Waals surface area contributed by atoms with Crippen LogP contribution in [0.15, 0.2) is 35.1 Å². The molecule has 3 N–H and O–H groups in total. The third-order valence-corrected chi connectivity index (χ3v) is 4.70. The Morgan fingerprint density at radius 3 is 2.67 bits per heavy atom. The van der Waals surface area contributed by atoms with Crippen LogP contribution in [0.3, 0.4) is 0 Å². The lowest BCUT2D eigenvalue weighted by atomic mass is 10.0. The largest absolute Gasteiger partial charge is 0.446 e. The van der Waals surface area contributed by atoms with Gasteiger partial charge in [0.1, 0.15) is 23.4 Å². The summed E-state index contributed by atoms with van der Waals surface area (Å²) in [7, 11) is 0. The molecule has 0 bridgehead atoms. The molecule has 10 heteroatoms. The van der Waals surface area contributed by atoms with Gasteiger partial charge in [0.15, 0.2) is 0 Å². The number of aromatic amines is 2. The quantitative estimate of drug-likeness (QED) is 0.466. The van der Waals surface area contributed by atoms with Gasteiger partial charge in [0, 0.05) is 5.56 Å². The van der Waals surface area contributed by atoms with Crippen LogP contribution in [0, 0.1) is 11.6 Å². The van der Waals surface area contributed by atoms with E-state index in [1.54, 1.807) is 25.1 Å². The summed E-state index contributed by atoms with van der Waals surface area (Å²) in [5.74, 6) is -1.44. The van der Waals surface area contributed by atoms with Gasteiger partial charge in [-0.3, -0.25) is 10.1 Å². The number of amides is 1. The van der Waals surface area contributed by atoms with Crippen molar-refractivity contribution in [3.8, 4) is 11.3 Å². The molecular weight excluding hydrogens is 396 g/mol. The molecule has 0 aliphatic carbocycles. The molecule has 2 aromatic heterocycles. The van der Waals surface area contributed by atoms with Gasteiger partial charge in [-0.2, -0.15) is 5.10 Å². The Labute approximate surface area is 168 Å². The van der Waals surface area contributed by atoms with E-state index in [1.807, 2.05) is 6.92 Å². The van der Waals surface area contributed by atoms with Crippen LogP contribution in [0.2, 0.25) is 0 Å². The van der Waals surface area contributed by atoms with E-state index in [9.17, 15) is 18.4 Å². The molecular formula is C20H17F2N5O3. The second-order valence-corrected chi connectivity index (χ2v) is 6.75.